The van der Waals surface area contributed by atoms with E-state index in [1.54, 1.807) is 30.3 Å². The number of carbonyl (C=O) groups excluding carboxylic acids is 5. The molecule has 1 unspecified atom stereocenters. The molecule has 0 saturated carbocycles. The van der Waals surface area contributed by atoms with E-state index in [0.29, 0.717) is 23.7 Å². The summed E-state index contributed by atoms with van der Waals surface area (Å²) in [6.45, 7) is 0.812. The lowest BCUT2D eigenvalue weighted by atomic mass is 10.0. The molecule has 10 nitrogen and oxygen atoms in total. The second kappa shape index (κ2) is 9.48. The van der Waals surface area contributed by atoms with Crippen LogP contribution in [0.4, 0.5) is 11.4 Å². The maximum atomic E-state index is 13.2. The van der Waals surface area contributed by atoms with Crippen molar-refractivity contribution in [2.75, 3.05) is 30.5 Å². The van der Waals surface area contributed by atoms with Gasteiger partial charge >= 0.3 is 0 Å². The summed E-state index contributed by atoms with van der Waals surface area (Å²) in [5.74, 6) is -2.07. The normalized spacial score (nSPS) is 18.0. The van der Waals surface area contributed by atoms with Gasteiger partial charge in [-0.1, -0.05) is 12.1 Å². The number of amides is 5. The minimum absolute atomic E-state index is 0.0954. The highest BCUT2D eigenvalue weighted by molar-refractivity contribution is 6.35. The van der Waals surface area contributed by atoms with E-state index in [-0.39, 0.29) is 46.4 Å². The third kappa shape index (κ3) is 4.05. The van der Waals surface area contributed by atoms with E-state index >= 15 is 0 Å². The van der Waals surface area contributed by atoms with Gasteiger partial charge in [-0.2, -0.15) is 0 Å². The topological polar surface area (TPSA) is 122 Å². The van der Waals surface area contributed by atoms with Crippen molar-refractivity contribution in [1.82, 2.24) is 4.90 Å². The molecule has 1 N–H and O–H groups in total. The van der Waals surface area contributed by atoms with E-state index in [4.69, 9.17) is 9.47 Å². The molecule has 0 aliphatic carbocycles. The molecule has 0 radical (unpaired) electrons. The average molecular weight is 526 g/mol. The molecule has 3 aromatic rings. The summed E-state index contributed by atoms with van der Waals surface area (Å²) < 4.78 is 10.9. The highest BCUT2D eigenvalue weighted by Crippen LogP contribution is 2.35. The van der Waals surface area contributed by atoms with Gasteiger partial charge in [0.1, 0.15) is 5.75 Å². The molecule has 3 aliphatic rings. The van der Waals surface area contributed by atoms with Crippen LogP contribution >= 0.6 is 0 Å². The van der Waals surface area contributed by atoms with E-state index in [0.717, 1.165) is 17.7 Å². The van der Waals surface area contributed by atoms with Gasteiger partial charge in [0.05, 0.1) is 47.7 Å². The molecule has 10 heteroatoms. The Bertz CT molecular complexity index is 1570. The zero-order valence-electron chi connectivity index (χ0n) is 20.9. The fraction of sp³-hybridized carbons (Fsp3) is 0.207. The molecule has 1 atom stereocenters. The lowest BCUT2D eigenvalue weighted by molar-refractivity contribution is 0.0475. The number of hydrogen-bond donors (Lipinski definition) is 1. The quantitative estimate of drug-likeness (QED) is 0.489. The van der Waals surface area contributed by atoms with Crippen LogP contribution < -0.4 is 15.0 Å². The number of rotatable bonds is 6. The van der Waals surface area contributed by atoms with Crippen LogP contribution in [0.1, 0.15) is 64.6 Å². The van der Waals surface area contributed by atoms with Gasteiger partial charge in [-0.05, 0) is 61.4 Å². The van der Waals surface area contributed by atoms with Crippen molar-refractivity contribution >= 4 is 40.9 Å². The monoisotopic (exact) mass is 525 g/mol. The maximum Gasteiger partial charge on any atom is 0.266 e. The largest absolute Gasteiger partial charge is 0.495 e. The van der Waals surface area contributed by atoms with Crippen LogP contribution in [-0.2, 0) is 4.74 Å². The summed E-state index contributed by atoms with van der Waals surface area (Å²) in [6, 6.07) is 15.5. The van der Waals surface area contributed by atoms with Gasteiger partial charge in [-0.25, -0.2) is 4.90 Å². The molecule has 3 aromatic carbocycles. The minimum atomic E-state index is -0.567. The Labute approximate surface area is 223 Å². The van der Waals surface area contributed by atoms with Crippen molar-refractivity contribution in [1.29, 1.82) is 0 Å². The first-order chi connectivity index (χ1) is 18.9. The van der Waals surface area contributed by atoms with Gasteiger partial charge in [0.2, 0.25) is 0 Å². The van der Waals surface area contributed by atoms with Crippen LogP contribution in [0.3, 0.4) is 0 Å². The molecule has 3 aliphatic heterocycles. The van der Waals surface area contributed by atoms with Crippen LogP contribution in [0.15, 0.2) is 60.7 Å². The third-order valence-electron chi connectivity index (χ3n) is 7.11. The number of nitrogens with one attached hydrogen (secondary N) is 1. The molecule has 39 heavy (non-hydrogen) atoms. The van der Waals surface area contributed by atoms with Gasteiger partial charge in [0.15, 0.2) is 0 Å². The summed E-state index contributed by atoms with van der Waals surface area (Å²) in [4.78, 5) is 67.2. The molecule has 0 aromatic heterocycles. The van der Waals surface area contributed by atoms with Crippen molar-refractivity contribution in [2.45, 2.75) is 18.9 Å². The predicted octanol–water partition coefficient (Wildman–Crippen LogP) is 3.52. The molecule has 0 spiro atoms. The van der Waals surface area contributed by atoms with E-state index < -0.39 is 23.6 Å². The summed E-state index contributed by atoms with van der Waals surface area (Å²) >= 11 is 0. The van der Waals surface area contributed by atoms with Gasteiger partial charge in [-0.15, -0.1) is 0 Å². The summed E-state index contributed by atoms with van der Waals surface area (Å²) in [7, 11) is 1.45. The van der Waals surface area contributed by atoms with Crippen molar-refractivity contribution < 1.29 is 33.4 Å². The molecule has 5 amide bonds. The number of ether oxygens (including phenoxy) is 2. The number of benzene rings is 3. The number of hydrogen-bond acceptors (Lipinski definition) is 7. The first-order valence-electron chi connectivity index (χ1n) is 12.5. The van der Waals surface area contributed by atoms with Crippen LogP contribution in [0.2, 0.25) is 0 Å². The van der Waals surface area contributed by atoms with Gasteiger partial charge in [0, 0.05) is 17.9 Å². The van der Waals surface area contributed by atoms with E-state index in [1.165, 1.54) is 42.3 Å². The van der Waals surface area contributed by atoms with E-state index in [2.05, 4.69) is 5.32 Å². The number of methoxy groups -OCH3 is 1. The molecule has 0 bridgehead atoms. The molecular weight excluding hydrogens is 502 g/mol. The Morgan fingerprint density at radius 1 is 0.897 bits per heavy atom. The Morgan fingerprint density at radius 3 is 2.36 bits per heavy atom. The van der Waals surface area contributed by atoms with Crippen molar-refractivity contribution in [3.05, 3.63) is 88.5 Å². The fourth-order valence-electron chi connectivity index (χ4n) is 5.14. The highest BCUT2D eigenvalue weighted by atomic mass is 16.5. The van der Waals surface area contributed by atoms with Gasteiger partial charge in [-0.3, -0.25) is 28.9 Å². The van der Waals surface area contributed by atoms with Crippen LogP contribution in [-0.4, -0.2) is 60.8 Å². The van der Waals surface area contributed by atoms with Crippen molar-refractivity contribution in [3.63, 3.8) is 0 Å². The zero-order chi connectivity index (χ0) is 27.3. The number of imide groups is 2. The highest BCUT2D eigenvalue weighted by Gasteiger charge is 2.39. The molecule has 6 rings (SSSR count). The lowest BCUT2D eigenvalue weighted by Crippen LogP contribution is -2.36. The Kier molecular flexibility index (Phi) is 5.96. The Morgan fingerprint density at radius 2 is 1.59 bits per heavy atom. The second-order valence-electron chi connectivity index (χ2n) is 9.45. The zero-order valence-corrected chi connectivity index (χ0v) is 20.9. The second-order valence-corrected chi connectivity index (χ2v) is 9.45. The average Bonchev–Trinajstić information content (AvgIpc) is 3.62. The lowest BCUT2D eigenvalue weighted by Gasteiger charge is -2.17. The van der Waals surface area contributed by atoms with Crippen LogP contribution in [0.25, 0.3) is 0 Å². The summed E-state index contributed by atoms with van der Waals surface area (Å²) in [5, 5.41) is 2.71. The molecule has 3 heterocycles. The first kappa shape index (κ1) is 24.5. The van der Waals surface area contributed by atoms with E-state index in [1.807, 2.05) is 0 Å². The first-order valence-corrected chi connectivity index (χ1v) is 12.5. The number of para-hydroxylation sites is 2. The van der Waals surface area contributed by atoms with Crippen molar-refractivity contribution in [2.24, 2.45) is 0 Å². The van der Waals surface area contributed by atoms with Crippen molar-refractivity contribution in [3.8, 4) is 5.75 Å². The standard InChI is InChI=1S/C29H23N3O7/c1-38-24-7-3-2-6-23(24)32-28(36)20-10-8-16(13-21(20)29(32)37)25(33)30-17-9-11-19-22(14-17)27(35)31(26(19)34)15-18-5-4-12-39-18/h2-3,6-11,13-14,18H,4-5,12,15H2,1H3,(H,30,33). The Hall–Kier alpha value is -4.83. The minimum Gasteiger partial charge on any atom is -0.495 e. The number of anilines is 2. The maximum absolute atomic E-state index is 13.2. The van der Waals surface area contributed by atoms with E-state index in [9.17, 15) is 24.0 Å². The number of nitrogens with zero attached hydrogens (tertiary/aromatic N) is 2. The number of fused-ring (bicyclic) bond motifs is 2. The summed E-state index contributed by atoms with van der Waals surface area (Å²) in [5.41, 5.74) is 1.53. The van der Waals surface area contributed by atoms with Gasteiger partial charge < -0.3 is 14.8 Å². The Balaban J connectivity index is 1.21. The smallest absolute Gasteiger partial charge is 0.266 e. The number of carbonyl (C=O) groups is 5. The fourth-order valence-corrected chi connectivity index (χ4v) is 5.14. The molecular formula is C29H23N3O7. The predicted molar refractivity (Wildman–Crippen MR) is 139 cm³/mol. The van der Waals surface area contributed by atoms with Gasteiger partial charge in [0.25, 0.3) is 29.5 Å². The van der Waals surface area contributed by atoms with Crippen LogP contribution in [0.5, 0.6) is 5.75 Å². The molecule has 1 fully saturated rings. The summed E-state index contributed by atoms with van der Waals surface area (Å²) in [6.07, 6.45) is 1.52. The molecule has 196 valence electrons. The molecule has 1 saturated heterocycles. The third-order valence-corrected chi connectivity index (χ3v) is 7.11. The van der Waals surface area contributed by atoms with Crippen LogP contribution in [0, 0.1) is 0 Å². The SMILES string of the molecule is COc1ccccc1N1C(=O)c2ccc(C(=O)Nc3ccc4c(c3)C(=O)N(CC3CCCO3)C4=O)cc2C1=O.